The van der Waals surface area contributed by atoms with E-state index in [1.807, 2.05) is 12.1 Å². The van der Waals surface area contributed by atoms with Gasteiger partial charge in [0.15, 0.2) is 0 Å². The van der Waals surface area contributed by atoms with Crippen molar-refractivity contribution in [2.45, 2.75) is 24.7 Å². The second-order valence-electron chi connectivity index (χ2n) is 2.53. The molecule has 0 unspecified atom stereocenters. The molecule has 2 heteroatoms. The lowest BCUT2D eigenvalue weighted by Gasteiger charge is -2.03. The second kappa shape index (κ2) is 3.67. The first-order valence-corrected chi connectivity index (χ1v) is 4.20. The lowest BCUT2D eigenvalue weighted by Crippen LogP contribution is -1.84. The van der Waals surface area contributed by atoms with Gasteiger partial charge in [0.1, 0.15) is 5.75 Å². The number of aromatic hydroxyl groups is 1. The molecule has 0 saturated carbocycles. The van der Waals surface area contributed by atoms with Crippen molar-refractivity contribution >= 4 is 12.6 Å². The molecule has 0 bridgehead atoms. The Balaban J connectivity index is 2.96. The highest BCUT2D eigenvalue weighted by atomic mass is 32.1. The minimum absolute atomic E-state index is 0.277. The van der Waals surface area contributed by atoms with Gasteiger partial charge in [0.2, 0.25) is 0 Å². The summed E-state index contributed by atoms with van der Waals surface area (Å²) < 4.78 is 0. The molecule has 0 saturated heterocycles. The Kier molecular flexibility index (Phi) is 2.83. The van der Waals surface area contributed by atoms with Gasteiger partial charge in [-0.25, -0.2) is 0 Å². The van der Waals surface area contributed by atoms with E-state index in [9.17, 15) is 5.11 Å². The van der Waals surface area contributed by atoms with Crippen molar-refractivity contribution in [2.24, 2.45) is 0 Å². The summed E-state index contributed by atoms with van der Waals surface area (Å²) in [5.41, 5.74) is 1.12. The van der Waals surface area contributed by atoms with Crippen LogP contribution in [0.2, 0.25) is 0 Å². The van der Waals surface area contributed by atoms with E-state index < -0.39 is 0 Å². The summed E-state index contributed by atoms with van der Waals surface area (Å²) in [7, 11) is 0. The average molecular weight is 168 g/mol. The zero-order valence-corrected chi connectivity index (χ0v) is 7.44. The second-order valence-corrected chi connectivity index (χ2v) is 2.98. The van der Waals surface area contributed by atoms with Gasteiger partial charge in [-0.05, 0) is 18.1 Å². The van der Waals surface area contributed by atoms with Crippen molar-refractivity contribution < 1.29 is 5.11 Å². The number of aryl methyl sites for hydroxylation is 1. The summed E-state index contributed by atoms with van der Waals surface area (Å²) in [6, 6.07) is 5.49. The van der Waals surface area contributed by atoms with Gasteiger partial charge < -0.3 is 5.11 Å². The maximum atomic E-state index is 9.25. The molecule has 0 radical (unpaired) electrons. The zero-order chi connectivity index (χ0) is 8.27. The molecule has 0 atom stereocenters. The number of rotatable bonds is 2. The molecule has 11 heavy (non-hydrogen) atoms. The minimum Gasteiger partial charge on any atom is -0.507 e. The highest BCUT2D eigenvalue weighted by Crippen LogP contribution is 2.25. The molecule has 0 aromatic heterocycles. The first-order chi connectivity index (χ1) is 5.25. The van der Waals surface area contributed by atoms with E-state index in [4.69, 9.17) is 0 Å². The smallest absolute Gasteiger partial charge is 0.129 e. The van der Waals surface area contributed by atoms with E-state index in [1.54, 1.807) is 6.07 Å². The molecule has 1 N–H and O–H groups in total. The molecular formula is C9H12OS. The van der Waals surface area contributed by atoms with Gasteiger partial charge in [-0.15, -0.1) is 12.6 Å². The molecule has 0 aliphatic heterocycles. The van der Waals surface area contributed by atoms with Crippen LogP contribution in [-0.2, 0) is 6.42 Å². The van der Waals surface area contributed by atoms with Crippen molar-refractivity contribution in [3.63, 3.8) is 0 Å². The van der Waals surface area contributed by atoms with Crippen molar-refractivity contribution in [2.75, 3.05) is 0 Å². The van der Waals surface area contributed by atoms with Gasteiger partial charge in [0, 0.05) is 4.90 Å². The molecule has 60 valence electrons. The third-order valence-corrected chi connectivity index (χ3v) is 2.13. The molecule has 1 nitrogen and oxygen atoms in total. The van der Waals surface area contributed by atoms with Crippen LogP contribution in [0.25, 0.3) is 0 Å². The summed E-state index contributed by atoms with van der Waals surface area (Å²) in [6.45, 7) is 2.11. The Bertz CT molecular complexity index is 245. The molecular weight excluding hydrogens is 156 g/mol. The maximum absolute atomic E-state index is 9.25. The van der Waals surface area contributed by atoms with Crippen molar-refractivity contribution in [1.82, 2.24) is 0 Å². The molecule has 0 aliphatic carbocycles. The summed E-state index contributed by atoms with van der Waals surface area (Å²) in [6.07, 6.45) is 2.06. The first kappa shape index (κ1) is 8.47. The Morgan fingerprint density at radius 3 is 2.82 bits per heavy atom. The average Bonchev–Trinajstić information content (AvgIpc) is 1.99. The largest absolute Gasteiger partial charge is 0.507 e. The van der Waals surface area contributed by atoms with E-state index >= 15 is 0 Å². The highest BCUT2D eigenvalue weighted by Gasteiger charge is 2.00. The molecule has 1 aromatic carbocycles. The third kappa shape index (κ3) is 1.90. The lowest BCUT2D eigenvalue weighted by molar-refractivity contribution is 0.461. The molecule has 0 spiro atoms. The number of hydrogen-bond donors (Lipinski definition) is 2. The zero-order valence-electron chi connectivity index (χ0n) is 6.54. The number of phenols is 1. The normalized spacial score (nSPS) is 10.0. The molecule has 1 rings (SSSR count). The summed E-state index contributed by atoms with van der Waals surface area (Å²) in [5, 5.41) is 9.25. The fraction of sp³-hybridized carbons (Fsp3) is 0.333. The van der Waals surface area contributed by atoms with Gasteiger partial charge in [0.25, 0.3) is 0 Å². The monoisotopic (exact) mass is 168 g/mol. The van der Waals surface area contributed by atoms with Crippen LogP contribution in [0.5, 0.6) is 5.75 Å². The van der Waals surface area contributed by atoms with Crippen LogP contribution in [0.15, 0.2) is 23.1 Å². The Labute approximate surface area is 72.5 Å². The van der Waals surface area contributed by atoms with E-state index in [2.05, 4.69) is 19.6 Å². The fourth-order valence-corrected chi connectivity index (χ4v) is 1.31. The number of thiol groups is 1. The third-order valence-electron chi connectivity index (χ3n) is 1.62. The maximum Gasteiger partial charge on any atom is 0.129 e. The molecule has 0 heterocycles. The lowest BCUT2D eigenvalue weighted by atomic mass is 10.1. The van der Waals surface area contributed by atoms with Crippen LogP contribution in [0.4, 0.5) is 0 Å². The quantitative estimate of drug-likeness (QED) is 0.650. The predicted octanol–water partition coefficient (Wildman–Crippen LogP) is 2.63. The van der Waals surface area contributed by atoms with Crippen molar-refractivity contribution in [3.8, 4) is 5.75 Å². The number of hydrogen-bond acceptors (Lipinski definition) is 2. The molecule has 0 amide bonds. The minimum atomic E-state index is 0.277. The van der Waals surface area contributed by atoms with Crippen molar-refractivity contribution in [1.29, 1.82) is 0 Å². The van der Waals surface area contributed by atoms with Crippen LogP contribution in [0, 0.1) is 0 Å². The molecule has 0 fully saturated rings. The van der Waals surface area contributed by atoms with Gasteiger partial charge in [0.05, 0.1) is 0 Å². The van der Waals surface area contributed by atoms with E-state index in [1.165, 1.54) is 0 Å². The summed E-state index contributed by atoms with van der Waals surface area (Å²) in [4.78, 5) is 0.717. The molecule has 1 aromatic rings. The SMILES string of the molecule is CCCc1cccc(O)c1S. The van der Waals surface area contributed by atoms with E-state index in [0.29, 0.717) is 4.90 Å². The Morgan fingerprint density at radius 1 is 1.45 bits per heavy atom. The highest BCUT2D eigenvalue weighted by molar-refractivity contribution is 7.80. The topological polar surface area (TPSA) is 20.2 Å². The number of benzene rings is 1. The van der Waals surface area contributed by atoms with E-state index in [-0.39, 0.29) is 5.75 Å². The summed E-state index contributed by atoms with van der Waals surface area (Å²) >= 11 is 4.20. The van der Waals surface area contributed by atoms with Crippen LogP contribution >= 0.6 is 12.6 Å². The van der Waals surface area contributed by atoms with Crippen LogP contribution < -0.4 is 0 Å². The standard InChI is InChI=1S/C9H12OS/c1-2-4-7-5-3-6-8(10)9(7)11/h3,5-6,10-11H,2,4H2,1H3. The van der Waals surface area contributed by atoms with Crippen LogP contribution in [0.1, 0.15) is 18.9 Å². The van der Waals surface area contributed by atoms with Gasteiger partial charge >= 0.3 is 0 Å². The number of phenolic OH excluding ortho intramolecular Hbond substituents is 1. The first-order valence-electron chi connectivity index (χ1n) is 3.75. The van der Waals surface area contributed by atoms with Gasteiger partial charge in [-0.1, -0.05) is 25.5 Å². The van der Waals surface area contributed by atoms with Crippen molar-refractivity contribution in [3.05, 3.63) is 23.8 Å². The van der Waals surface area contributed by atoms with E-state index in [0.717, 1.165) is 18.4 Å². The van der Waals surface area contributed by atoms with Crippen LogP contribution in [0.3, 0.4) is 0 Å². The molecule has 0 aliphatic rings. The summed E-state index contributed by atoms with van der Waals surface area (Å²) in [5.74, 6) is 0.277. The van der Waals surface area contributed by atoms with Crippen LogP contribution in [-0.4, -0.2) is 5.11 Å². The Hall–Kier alpha value is -0.630. The predicted molar refractivity (Wildman–Crippen MR) is 49.4 cm³/mol. The van der Waals surface area contributed by atoms with Gasteiger partial charge in [-0.3, -0.25) is 0 Å². The fourth-order valence-electron chi connectivity index (χ4n) is 1.05. The Morgan fingerprint density at radius 2 is 2.18 bits per heavy atom. The van der Waals surface area contributed by atoms with Gasteiger partial charge in [-0.2, -0.15) is 0 Å².